The Morgan fingerprint density at radius 3 is 2.31 bits per heavy atom. The fourth-order valence-corrected chi connectivity index (χ4v) is 3.63. The number of carbonyl (C=O) groups excluding carboxylic acids is 2. The van der Waals surface area contributed by atoms with Crippen molar-refractivity contribution in [1.29, 1.82) is 0 Å². The van der Waals surface area contributed by atoms with E-state index in [9.17, 15) is 14.0 Å². The van der Waals surface area contributed by atoms with Gasteiger partial charge in [0.25, 0.3) is 0 Å². The lowest BCUT2D eigenvalue weighted by Gasteiger charge is -2.34. The first-order chi connectivity index (χ1) is 14.0. The average molecular weight is 394 g/mol. The standard InChI is InChI=1S/C24H27FN2O2/c1-18(20-9-11-22(25)12-10-20)26(2)24(29)21-14-16-27(17-15-21)23(28)13-8-19-6-4-3-5-7-19/h3-13,18,21H,14-17H2,1-2H3/b13-8+. The summed E-state index contributed by atoms with van der Waals surface area (Å²) in [6.45, 7) is 3.10. The molecule has 1 aliphatic heterocycles. The molecule has 1 saturated heterocycles. The monoisotopic (exact) mass is 394 g/mol. The van der Waals surface area contributed by atoms with Gasteiger partial charge in [-0.05, 0) is 49.1 Å². The number of halogens is 1. The molecule has 0 saturated carbocycles. The van der Waals surface area contributed by atoms with Crippen LogP contribution in [-0.4, -0.2) is 41.8 Å². The molecule has 1 heterocycles. The summed E-state index contributed by atoms with van der Waals surface area (Å²) in [7, 11) is 1.79. The van der Waals surface area contributed by atoms with Crippen molar-refractivity contribution in [3.8, 4) is 0 Å². The minimum atomic E-state index is -0.284. The van der Waals surface area contributed by atoms with E-state index in [2.05, 4.69) is 0 Å². The summed E-state index contributed by atoms with van der Waals surface area (Å²) in [5.74, 6) is -0.320. The van der Waals surface area contributed by atoms with Crippen LogP contribution in [0.4, 0.5) is 4.39 Å². The van der Waals surface area contributed by atoms with Crippen LogP contribution in [0.3, 0.4) is 0 Å². The largest absolute Gasteiger partial charge is 0.339 e. The first-order valence-electron chi connectivity index (χ1n) is 10.00. The number of hydrogen-bond donors (Lipinski definition) is 0. The van der Waals surface area contributed by atoms with Crippen LogP contribution in [0.5, 0.6) is 0 Å². The highest BCUT2D eigenvalue weighted by molar-refractivity contribution is 5.92. The zero-order valence-corrected chi connectivity index (χ0v) is 16.9. The number of nitrogens with zero attached hydrogens (tertiary/aromatic N) is 2. The zero-order chi connectivity index (χ0) is 20.8. The molecule has 1 fully saturated rings. The van der Waals surface area contributed by atoms with E-state index in [1.54, 1.807) is 35.1 Å². The molecule has 2 aromatic rings. The van der Waals surface area contributed by atoms with E-state index in [4.69, 9.17) is 0 Å². The third-order valence-corrected chi connectivity index (χ3v) is 5.65. The second kappa shape index (κ2) is 9.50. The van der Waals surface area contributed by atoms with Gasteiger partial charge in [0.1, 0.15) is 5.82 Å². The third kappa shape index (κ3) is 5.31. The highest BCUT2D eigenvalue weighted by Crippen LogP contribution is 2.25. The number of likely N-dealkylation sites (tertiary alicyclic amines) is 1. The van der Waals surface area contributed by atoms with E-state index in [1.807, 2.05) is 43.3 Å². The van der Waals surface area contributed by atoms with Crippen LogP contribution in [0.15, 0.2) is 60.7 Å². The maximum absolute atomic E-state index is 13.1. The summed E-state index contributed by atoms with van der Waals surface area (Å²) in [6, 6.07) is 15.8. The van der Waals surface area contributed by atoms with Gasteiger partial charge in [-0.25, -0.2) is 4.39 Å². The van der Waals surface area contributed by atoms with E-state index < -0.39 is 0 Å². The van der Waals surface area contributed by atoms with Crippen molar-refractivity contribution in [3.05, 3.63) is 77.6 Å². The van der Waals surface area contributed by atoms with Crippen LogP contribution in [-0.2, 0) is 9.59 Å². The number of carbonyl (C=O) groups is 2. The summed E-state index contributed by atoms with van der Waals surface area (Å²) >= 11 is 0. The van der Waals surface area contributed by atoms with Gasteiger partial charge in [-0.1, -0.05) is 42.5 Å². The topological polar surface area (TPSA) is 40.6 Å². The van der Waals surface area contributed by atoms with E-state index in [0.717, 1.165) is 11.1 Å². The van der Waals surface area contributed by atoms with E-state index >= 15 is 0 Å². The number of piperidine rings is 1. The highest BCUT2D eigenvalue weighted by atomic mass is 19.1. The molecular formula is C24H27FN2O2. The molecule has 2 aromatic carbocycles. The van der Waals surface area contributed by atoms with Gasteiger partial charge >= 0.3 is 0 Å². The summed E-state index contributed by atoms with van der Waals surface area (Å²) in [5.41, 5.74) is 1.89. The molecule has 0 aromatic heterocycles. The number of benzene rings is 2. The Kier molecular flexibility index (Phi) is 6.81. The quantitative estimate of drug-likeness (QED) is 0.710. The lowest BCUT2D eigenvalue weighted by atomic mass is 9.94. The van der Waals surface area contributed by atoms with Gasteiger partial charge in [-0.15, -0.1) is 0 Å². The van der Waals surface area contributed by atoms with Gasteiger partial charge in [-0.3, -0.25) is 9.59 Å². The predicted molar refractivity (Wildman–Crippen MR) is 112 cm³/mol. The Morgan fingerprint density at radius 1 is 1.07 bits per heavy atom. The minimum Gasteiger partial charge on any atom is -0.339 e. The van der Waals surface area contributed by atoms with Gasteiger partial charge in [0.05, 0.1) is 6.04 Å². The van der Waals surface area contributed by atoms with Crippen LogP contribution in [0.2, 0.25) is 0 Å². The Balaban J connectivity index is 1.52. The predicted octanol–water partition coefficient (Wildman–Crippen LogP) is 4.30. The van der Waals surface area contributed by atoms with Crippen LogP contribution in [0.25, 0.3) is 6.08 Å². The fourth-order valence-electron chi connectivity index (χ4n) is 3.63. The molecule has 0 aliphatic carbocycles. The van der Waals surface area contributed by atoms with Gasteiger partial charge in [-0.2, -0.15) is 0 Å². The molecule has 1 unspecified atom stereocenters. The smallest absolute Gasteiger partial charge is 0.246 e. The van der Waals surface area contributed by atoms with Crippen molar-refractivity contribution in [2.75, 3.05) is 20.1 Å². The lowest BCUT2D eigenvalue weighted by Crippen LogP contribution is -2.43. The molecule has 1 atom stereocenters. The molecule has 5 heteroatoms. The summed E-state index contributed by atoms with van der Waals surface area (Å²) in [5, 5.41) is 0. The van der Waals surface area contributed by atoms with Crippen molar-refractivity contribution in [3.63, 3.8) is 0 Å². The van der Waals surface area contributed by atoms with Gasteiger partial charge in [0.2, 0.25) is 11.8 Å². The first kappa shape index (κ1) is 20.8. The molecular weight excluding hydrogens is 367 g/mol. The van der Waals surface area contributed by atoms with Crippen molar-refractivity contribution in [1.82, 2.24) is 9.80 Å². The zero-order valence-electron chi connectivity index (χ0n) is 16.9. The summed E-state index contributed by atoms with van der Waals surface area (Å²) in [6.07, 6.45) is 4.73. The SMILES string of the molecule is CC(c1ccc(F)cc1)N(C)C(=O)C1CCN(C(=O)/C=C/c2ccccc2)CC1. The molecule has 29 heavy (non-hydrogen) atoms. The summed E-state index contributed by atoms with van der Waals surface area (Å²) in [4.78, 5) is 28.8. The van der Waals surface area contributed by atoms with Crippen LogP contribution < -0.4 is 0 Å². The first-order valence-corrected chi connectivity index (χ1v) is 10.00. The summed E-state index contributed by atoms with van der Waals surface area (Å²) < 4.78 is 13.1. The van der Waals surface area contributed by atoms with Crippen LogP contribution in [0.1, 0.15) is 36.9 Å². The lowest BCUT2D eigenvalue weighted by molar-refractivity contribution is -0.139. The van der Waals surface area contributed by atoms with Crippen molar-refractivity contribution < 1.29 is 14.0 Å². The Labute approximate surface area is 171 Å². The average Bonchev–Trinajstić information content (AvgIpc) is 2.77. The minimum absolute atomic E-state index is 0.0206. The van der Waals surface area contributed by atoms with Crippen molar-refractivity contribution in [2.45, 2.75) is 25.8 Å². The second-order valence-electron chi connectivity index (χ2n) is 7.52. The van der Waals surface area contributed by atoms with Gasteiger partial charge < -0.3 is 9.80 Å². The maximum atomic E-state index is 13.1. The molecule has 1 aliphatic rings. The fraction of sp³-hybridized carbons (Fsp3) is 0.333. The molecule has 0 bridgehead atoms. The number of hydrogen-bond acceptors (Lipinski definition) is 2. The van der Waals surface area contributed by atoms with Crippen LogP contribution in [0, 0.1) is 11.7 Å². The number of rotatable bonds is 5. The highest BCUT2D eigenvalue weighted by Gasteiger charge is 2.30. The number of amides is 2. The molecule has 4 nitrogen and oxygen atoms in total. The third-order valence-electron chi connectivity index (χ3n) is 5.65. The van der Waals surface area contributed by atoms with E-state index in [-0.39, 0.29) is 29.6 Å². The normalized spacial score (nSPS) is 16.0. The van der Waals surface area contributed by atoms with Crippen LogP contribution >= 0.6 is 0 Å². The Hall–Kier alpha value is -2.95. The van der Waals surface area contributed by atoms with Crippen molar-refractivity contribution >= 4 is 17.9 Å². The molecule has 3 rings (SSSR count). The molecule has 0 N–H and O–H groups in total. The van der Waals surface area contributed by atoms with E-state index in [0.29, 0.717) is 25.9 Å². The molecule has 2 amide bonds. The molecule has 0 spiro atoms. The second-order valence-corrected chi connectivity index (χ2v) is 7.52. The Morgan fingerprint density at radius 2 is 1.69 bits per heavy atom. The Bertz CT molecular complexity index is 856. The van der Waals surface area contributed by atoms with Gasteiger partial charge in [0, 0.05) is 32.1 Å². The van der Waals surface area contributed by atoms with Crippen molar-refractivity contribution in [2.24, 2.45) is 5.92 Å². The maximum Gasteiger partial charge on any atom is 0.246 e. The molecule has 0 radical (unpaired) electrons. The van der Waals surface area contributed by atoms with Gasteiger partial charge in [0.15, 0.2) is 0 Å². The van der Waals surface area contributed by atoms with E-state index in [1.165, 1.54) is 12.1 Å². The molecule has 152 valence electrons.